The summed E-state index contributed by atoms with van der Waals surface area (Å²) < 4.78 is 11.8. The summed E-state index contributed by atoms with van der Waals surface area (Å²) in [5.74, 6) is -2.93. The van der Waals surface area contributed by atoms with Gasteiger partial charge >= 0.3 is 5.97 Å². The second-order valence-electron chi connectivity index (χ2n) is 14.9. The predicted octanol–water partition coefficient (Wildman–Crippen LogP) is 1.76. The molecule has 2 heterocycles. The van der Waals surface area contributed by atoms with Crippen LogP contribution in [0, 0.1) is 17.8 Å². The van der Waals surface area contributed by atoms with Gasteiger partial charge in [0.05, 0.1) is 49.2 Å². The summed E-state index contributed by atoms with van der Waals surface area (Å²) in [7, 11) is 4.73. The van der Waals surface area contributed by atoms with Crippen LogP contribution in [0.2, 0.25) is 0 Å². The van der Waals surface area contributed by atoms with Gasteiger partial charge in [-0.15, -0.1) is 0 Å². The van der Waals surface area contributed by atoms with Crippen molar-refractivity contribution in [2.24, 2.45) is 17.8 Å². The highest BCUT2D eigenvalue weighted by molar-refractivity contribution is 5.88. The quantitative estimate of drug-likeness (QED) is 0.154. The average molecular weight is 745 g/mol. The number of amides is 4. The maximum absolute atomic E-state index is 14.1. The molecule has 14 nitrogen and oxygen atoms in total. The third kappa shape index (κ3) is 12.0. The second kappa shape index (κ2) is 21.3. The van der Waals surface area contributed by atoms with Crippen LogP contribution < -0.4 is 16.0 Å². The van der Waals surface area contributed by atoms with E-state index < -0.39 is 48.1 Å². The lowest BCUT2D eigenvalue weighted by Gasteiger charge is -2.39. The largest absolute Gasteiger partial charge is 0.480 e. The van der Waals surface area contributed by atoms with E-state index >= 15 is 0 Å². The molecule has 0 radical (unpaired) electrons. The highest BCUT2D eigenvalue weighted by Gasteiger charge is 2.42. The minimum absolute atomic E-state index is 0.000416. The van der Waals surface area contributed by atoms with E-state index in [4.69, 9.17) is 9.47 Å². The molecule has 2 aliphatic heterocycles. The number of ether oxygens (including phenoxy) is 2. The first-order chi connectivity index (χ1) is 25.2. The third-order valence-electron chi connectivity index (χ3n) is 11.1. The van der Waals surface area contributed by atoms with E-state index in [1.54, 1.807) is 23.8 Å². The molecule has 14 heteroatoms. The molecule has 8 atom stereocenters. The van der Waals surface area contributed by atoms with Gasteiger partial charge in [0.25, 0.3) is 0 Å². The molecule has 2 fully saturated rings. The molecule has 298 valence electrons. The molecule has 4 amide bonds. The van der Waals surface area contributed by atoms with Crippen LogP contribution in [0.25, 0.3) is 0 Å². The molecule has 53 heavy (non-hydrogen) atoms. The molecular formula is C39H64N6O8. The number of piperazine rings is 1. The van der Waals surface area contributed by atoms with E-state index in [0.717, 1.165) is 38.2 Å². The molecule has 8 unspecified atom stereocenters. The van der Waals surface area contributed by atoms with Crippen molar-refractivity contribution >= 4 is 29.6 Å². The highest BCUT2D eigenvalue weighted by Crippen LogP contribution is 2.29. The normalized spacial score (nSPS) is 20.5. The number of carbonyl (C=O) groups excluding carboxylic acids is 4. The van der Waals surface area contributed by atoms with Crippen molar-refractivity contribution < 1.29 is 38.6 Å². The fourth-order valence-electron chi connectivity index (χ4n) is 7.92. The average Bonchev–Trinajstić information content (AvgIpc) is 3.63. The Morgan fingerprint density at radius 1 is 0.981 bits per heavy atom. The third-order valence-corrected chi connectivity index (χ3v) is 11.1. The summed E-state index contributed by atoms with van der Waals surface area (Å²) in [5, 5.41) is 18.7. The van der Waals surface area contributed by atoms with Gasteiger partial charge in [-0.2, -0.15) is 0 Å². The van der Waals surface area contributed by atoms with Crippen LogP contribution in [0.5, 0.6) is 0 Å². The van der Waals surface area contributed by atoms with E-state index in [2.05, 4.69) is 20.9 Å². The Bertz CT molecular complexity index is 1340. The molecule has 1 aromatic rings. The lowest BCUT2D eigenvalue weighted by Crippen LogP contribution is -2.57. The number of rotatable bonds is 20. The maximum atomic E-state index is 14.1. The summed E-state index contributed by atoms with van der Waals surface area (Å²) >= 11 is 0. The SMILES string of the molecule is CCC(C)C(C(CC(=O)N1CCCC1C(OC)C(C)C(=O)NC(Cc1ccccc1)C(=O)O)OC)N(C)C(=O)CNC(=O)C(C(C)C)N1CCNCC1. The van der Waals surface area contributed by atoms with Crippen LogP contribution >= 0.6 is 0 Å². The minimum Gasteiger partial charge on any atom is -0.480 e. The fourth-order valence-corrected chi connectivity index (χ4v) is 7.92. The number of carboxylic acid groups (broad SMARTS) is 1. The Labute approximate surface area is 315 Å². The summed E-state index contributed by atoms with van der Waals surface area (Å²) in [6.07, 6.45) is 0.879. The predicted molar refractivity (Wildman–Crippen MR) is 202 cm³/mol. The van der Waals surface area contributed by atoms with Crippen LogP contribution in [-0.2, 0) is 39.9 Å². The monoisotopic (exact) mass is 744 g/mol. The zero-order valence-electron chi connectivity index (χ0n) is 33.0. The molecular weight excluding hydrogens is 680 g/mol. The Morgan fingerprint density at radius 2 is 1.64 bits per heavy atom. The Kier molecular flexibility index (Phi) is 17.6. The molecule has 1 aromatic carbocycles. The number of carboxylic acids is 1. The van der Waals surface area contributed by atoms with Crippen molar-refractivity contribution in [3.05, 3.63) is 35.9 Å². The van der Waals surface area contributed by atoms with Crippen LogP contribution in [-0.4, -0.2) is 146 Å². The highest BCUT2D eigenvalue weighted by atomic mass is 16.5. The smallest absolute Gasteiger partial charge is 0.326 e. The van der Waals surface area contributed by atoms with Crippen LogP contribution in [0.3, 0.4) is 0 Å². The molecule has 2 saturated heterocycles. The van der Waals surface area contributed by atoms with Gasteiger partial charge in [-0.05, 0) is 30.2 Å². The number of likely N-dealkylation sites (tertiary alicyclic amines) is 1. The van der Waals surface area contributed by atoms with Crippen molar-refractivity contribution in [2.75, 3.05) is 60.5 Å². The van der Waals surface area contributed by atoms with Crippen molar-refractivity contribution in [3.63, 3.8) is 0 Å². The Balaban J connectivity index is 1.69. The molecule has 0 aliphatic carbocycles. The summed E-state index contributed by atoms with van der Waals surface area (Å²) in [5.41, 5.74) is 0.787. The number of hydrogen-bond donors (Lipinski definition) is 4. The molecule has 0 aromatic heterocycles. The number of aliphatic carboxylic acids is 1. The number of hydrogen-bond acceptors (Lipinski definition) is 9. The van der Waals surface area contributed by atoms with Gasteiger partial charge in [0.15, 0.2) is 0 Å². The molecule has 3 rings (SSSR count). The first-order valence-corrected chi connectivity index (χ1v) is 19.2. The zero-order valence-corrected chi connectivity index (χ0v) is 33.0. The number of nitrogens with zero attached hydrogens (tertiary/aromatic N) is 3. The number of methoxy groups -OCH3 is 2. The number of nitrogens with one attached hydrogen (secondary N) is 3. The number of benzene rings is 1. The van der Waals surface area contributed by atoms with E-state index in [9.17, 15) is 29.1 Å². The summed E-state index contributed by atoms with van der Waals surface area (Å²) in [4.78, 5) is 72.0. The van der Waals surface area contributed by atoms with E-state index in [1.165, 1.54) is 14.2 Å². The number of likely N-dealkylation sites (N-methyl/N-ethyl adjacent to an activating group) is 1. The Hall–Kier alpha value is -3.59. The van der Waals surface area contributed by atoms with Gasteiger partial charge in [0, 0.05) is 60.4 Å². The van der Waals surface area contributed by atoms with Gasteiger partial charge in [-0.1, -0.05) is 71.4 Å². The molecule has 0 bridgehead atoms. The first-order valence-electron chi connectivity index (χ1n) is 19.2. The van der Waals surface area contributed by atoms with E-state index in [0.29, 0.717) is 19.4 Å². The first kappa shape index (κ1) is 43.8. The second-order valence-corrected chi connectivity index (χ2v) is 14.9. The van der Waals surface area contributed by atoms with Gasteiger partial charge in [-0.3, -0.25) is 24.1 Å². The molecule has 2 aliphatic rings. The minimum atomic E-state index is -1.14. The zero-order chi connectivity index (χ0) is 39.2. The summed E-state index contributed by atoms with van der Waals surface area (Å²) in [6, 6.07) is 6.78. The van der Waals surface area contributed by atoms with Crippen LogP contribution in [0.1, 0.15) is 65.9 Å². The summed E-state index contributed by atoms with van der Waals surface area (Å²) in [6.45, 7) is 13.2. The molecule has 4 N–H and O–H groups in total. The van der Waals surface area contributed by atoms with Crippen molar-refractivity contribution in [3.8, 4) is 0 Å². The molecule has 0 saturated carbocycles. The van der Waals surface area contributed by atoms with Crippen LogP contribution in [0.15, 0.2) is 30.3 Å². The lowest BCUT2D eigenvalue weighted by atomic mass is 9.90. The number of carbonyl (C=O) groups is 5. The van der Waals surface area contributed by atoms with E-state index in [1.807, 2.05) is 58.0 Å². The van der Waals surface area contributed by atoms with Crippen LogP contribution in [0.4, 0.5) is 0 Å². The Morgan fingerprint density at radius 3 is 2.21 bits per heavy atom. The lowest BCUT2D eigenvalue weighted by molar-refractivity contribution is -0.147. The van der Waals surface area contributed by atoms with Gasteiger partial charge in [-0.25, -0.2) is 4.79 Å². The van der Waals surface area contributed by atoms with Gasteiger partial charge in [0.1, 0.15) is 6.04 Å². The fraction of sp³-hybridized carbons (Fsp3) is 0.718. The van der Waals surface area contributed by atoms with Gasteiger partial charge in [0.2, 0.25) is 23.6 Å². The van der Waals surface area contributed by atoms with Gasteiger partial charge < -0.3 is 40.3 Å². The van der Waals surface area contributed by atoms with Crippen molar-refractivity contribution in [2.45, 2.75) is 103 Å². The molecule has 0 spiro atoms. The topological polar surface area (TPSA) is 170 Å². The standard InChI is InChI=1S/C39H64N6O8/c1-9-26(4)35(43(6)33(47)24-41-38(49)34(25(2)3)44-20-17-40-18-21-44)31(52-7)23-32(46)45-19-13-16-30(45)36(53-8)27(5)37(48)42-29(39(50)51)22-28-14-11-10-12-15-28/h10-12,14-15,25-27,29-31,34-36,40H,9,13,16-24H2,1-8H3,(H,41,49)(H,42,48)(H,50,51). The van der Waals surface area contributed by atoms with Crippen molar-refractivity contribution in [1.29, 1.82) is 0 Å². The maximum Gasteiger partial charge on any atom is 0.326 e. The van der Waals surface area contributed by atoms with Crippen molar-refractivity contribution in [1.82, 2.24) is 30.7 Å². The van der Waals surface area contributed by atoms with E-state index in [-0.39, 0.29) is 55.0 Å².